The summed E-state index contributed by atoms with van der Waals surface area (Å²) in [7, 11) is 0. The Kier molecular flexibility index (Phi) is 7.88. The Morgan fingerprint density at radius 1 is 1.03 bits per heavy atom. The smallest absolute Gasteiger partial charge is 0.126 e. The number of nitrogens with zero attached hydrogens (tertiary/aromatic N) is 1. The van der Waals surface area contributed by atoms with Gasteiger partial charge in [-0.2, -0.15) is 5.26 Å². The van der Waals surface area contributed by atoms with Gasteiger partial charge >= 0.3 is 0 Å². The molecule has 3 rings (SSSR count). The quantitative estimate of drug-likeness (QED) is 0.518. The Labute approximate surface area is 188 Å². The van der Waals surface area contributed by atoms with Crippen molar-refractivity contribution < 1.29 is 29.9 Å². The molecule has 1 aliphatic heterocycles. The van der Waals surface area contributed by atoms with E-state index < -0.39 is 37.1 Å². The van der Waals surface area contributed by atoms with E-state index in [0.29, 0.717) is 23.3 Å². The molecule has 1 fully saturated rings. The van der Waals surface area contributed by atoms with Crippen LogP contribution in [0.3, 0.4) is 0 Å². The summed E-state index contributed by atoms with van der Waals surface area (Å²) in [4.78, 5) is 0. The minimum absolute atomic E-state index is 0.211. The van der Waals surface area contributed by atoms with Gasteiger partial charge in [0.15, 0.2) is 0 Å². The molecule has 1 aliphatic rings. The van der Waals surface area contributed by atoms with Crippen LogP contribution in [0, 0.1) is 11.3 Å². The van der Waals surface area contributed by atoms with E-state index in [1.54, 1.807) is 12.1 Å². The number of aliphatic hydroxyl groups is 4. The Morgan fingerprint density at radius 2 is 1.69 bits per heavy atom. The Balaban J connectivity index is 2.06. The highest BCUT2D eigenvalue weighted by Gasteiger charge is 2.45. The van der Waals surface area contributed by atoms with Crippen LogP contribution in [-0.4, -0.2) is 57.6 Å². The number of aryl methyl sites for hydroxylation is 1. The molecule has 1 saturated heterocycles. The molecule has 0 bridgehead atoms. The first kappa shape index (κ1) is 24.2. The molecule has 0 saturated carbocycles. The van der Waals surface area contributed by atoms with Crippen LogP contribution in [0.2, 0.25) is 0 Å². The van der Waals surface area contributed by atoms with E-state index in [4.69, 9.17) is 9.47 Å². The standard InChI is InChI=1S/C25H31NO6/c1-4-15-5-7-16(8-6-15)9-17-10-19(20(31-14(2)3)11-18(17)12-26)25-24(30)23(29)22(28)21(13-27)32-25/h5-8,10-11,14,21-25,27-30H,4,9,13H2,1-3H3/t21?,22-,23+,24-,25+/m1/s1. The molecule has 1 heterocycles. The summed E-state index contributed by atoms with van der Waals surface area (Å²) >= 11 is 0. The molecule has 0 radical (unpaired) electrons. The van der Waals surface area contributed by atoms with Gasteiger partial charge in [0.25, 0.3) is 0 Å². The average Bonchev–Trinajstić information content (AvgIpc) is 2.79. The molecule has 0 aromatic heterocycles. The molecule has 4 N–H and O–H groups in total. The van der Waals surface area contributed by atoms with Crippen molar-refractivity contribution in [3.8, 4) is 11.8 Å². The van der Waals surface area contributed by atoms with E-state index >= 15 is 0 Å². The maximum absolute atomic E-state index is 10.7. The number of ether oxygens (including phenoxy) is 2. The lowest BCUT2D eigenvalue weighted by Gasteiger charge is -2.40. The number of rotatable bonds is 7. The normalized spacial score (nSPS) is 25.5. The van der Waals surface area contributed by atoms with Gasteiger partial charge in [0, 0.05) is 5.56 Å². The first-order valence-corrected chi connectivity index (χ1v) is 10.9. The van der Waals surface area contributed by atoms with Crippen LogP contribution < -0.4 is 4.74 Å². The Bertz CT molecular complexity index is 950. The number of hydrogen-bond donors (Lipinski definition) is 4. The van der Waals surface area contributed by atoms with E-state index in [2.05, 4.69) is 25.1 Å². The predicted molar refractivity (Wildman–Crippen MR) is 118 cm³/mol. The molecule has 32 heavy (non-hydrogen) atoms. The van der Waals surface area contributed by atoms with E-state index in [1.165, 1.54) is 5.56 Å². The van der Waals surface area contributed by atoms with Crippen molar-refractivity contribution >= 4 is 0 Å². The molecule has 172 valence electrons. The molecule has 1 unspecified atom stereocenters. The van der Waals surface area contributed by atoms with Crippen molar-refractivity contribution in [1.29, 1.82) is 5.26 Å². The molecule has 2 aromatic carbocycles. The zero-order valence-corrected chi connectivity index (χ0v) is 18.6. The number of nitriles is 1. The molecular weight excluding hydrogens is 410 g/mol. The summed E-state index contributed by atoms with van der Waals surface area (Å²) in [5.41, 5.74) is 3.86. The molecule has 0 spiro atoms. The largest absolute Gasteiger partial charge is 0.491 e. The van der Waals surface area contributed by atoms with Crippen LogP contribution in [0.15, 0.2) is 36.4 Å². The van der Waals surface area contributed by atoms with Crippen molar-refractivity contribution in [3.63, 3.8) is 0 Å². The summed E-state index contributed by atoms with van der Waals surface area (Å²) in [6.07, 6.45) is -5.26. The van der Waals surface area contributed by atoms with Crippen LogP contribution in [0.5, 0.6) is 5.75 Å². The summed E-state index contributed by atoms with van der Waals surface area (Å²) < 4.78 is 11.7. The van der Waals surface area contributed by atoms with Gasteiger partial charge in [-0.15, -0.1) is 0 Å². The van der Waals surface area contributed by atoms with Crippen molar-refractivity contribution in [3.05, 3.63) is 64.2 Å². The minimum Gasteiger partial charge on any atom is -0.491 e. The van der Waals surface area contributed by atoms with Gasteiger partial charge in [0.1, 0.15) is 36.3 Å². The van der Waals surface area contributed by atoms with Gasteiger partial charge < -0.3 is 29.9 Å². The predicted octanol–water partition coefficient (Wildman–Crippen LogP) is 2.01. The van der Waals surface area contributed by atoms with Gasteiger partial charge in [-0.05, 0) is 55.5 Å². The maximum atomic E-state index is 10.7. The first-order chi connectivity index (χ1) is 15.3. The van der Waals surface area contributed by atoms with Crippen LogP contribution in [0.4, 0.5) is 0 Å². The van der Waals surface area contributed by atoms with E-state index in [9.17, 15) is 25.7 Å². The second-order valence-electron chi connectivity index (χ2n) is 8.42. The van der Waals surface area contributed by atoms with Crippen molar-refractivity contribution in [2.45, 2.75) is 70.2 Å². The molecule has 7 heteroatoms. The van der Waals surface area contributed by atoms with Gasteiger partial charge in [-0.25, -0.2) is 0 Å². The summed E-state index contributed by atoms with van der Waals surface area (Å²) in [6.45, 7) is 5.25. The minimum atomic E-state index is -1.50. The first-order valence-electron chi connectivity index (χ1n) is 10.9. The third-order valence-electron chi connectivity index (χ3n) is 5.74. The molecule has 0 amide bonds. The lowest BCUT2D eigenvalue weighted by Crippen LogP contribution is -2.55. The zero-order chi connectivity index (χ0) is 23.4. The topological polar surface area (TPSA) is 123 Å². The zero-order valence-electron chi connectivity index (χ0n) is 18.6. The fourth-order valence-electron chi connectivity index (χ4n) is 3.94. The summed E-state index contributed by atoms with van der Waals surface area (Å²) in [6, 6.07) is 13.7. The summed E-state index contributed by atoms with van der Waals surface area (Å²) in [5.74, 6) is 0.353. The van der Waals surface area contributed by atoms with Crippen LogP contribution in [0.25, 0.3) is 0 Å². The fraction of sp³-hybridized carbons (Fsp3) is 0.480. The number of benzene rings is 2. The average molecular weight is 442 g/mol. The van der Waals surface area contributed by atoms with Crippen molar-refractivity contribution in [2.75, 3.05) is 6.61 Å². The van der Waals surface area contributed by atoms with Gasteiger partial charge in [-0.3, -0.25) is 0 Å². The molecule has 5 atom stereocenters. The highest BCUT2D eigenvalue weighted by atomic mass is 16.5. The third-order valence-corrected chi connectivity index (χ3v) is 5.74. The lowest BCUT2D eigenvalue weighted by atomic mass is 9.88. The van der Waals surface area contributed by atoms with Crippen LogP contribution in [-0.2, 0) is 17.6 Å². The highest BCUT2D eigenvalue weighted by Crippen LogP contribution is 2.39. The van der Waals surface area contributed by atoms with E-state index in [0.717, 1.165) is 17.5 Å². The molecule has 0 aliphatic carbocycles. The van der Waals surface area contributed by atoms with Crippen LogP contribution in [0.1, 0.15) is 54.7 Å². The lowest BCUT2D eigenvalue weighted by molar-refractivity contribution is -0.232. The van der Waals surface area contributed by atoms with Gasteiger partial charge in [-0.1, -0.05) is 31.2 Å². The second-order valence-corrected chi connectivity index (χ2v) is 8.42. The Morgan fingerprint density at radius 3 is 2.25 bits per heavy atom. The van der Waals surface area contributed by atoms with Crippen LogP contribution >= 0.6 is 0 Å². The third kappa shape index (κ3) is 5.12. The van der Waals surface area contributed by atoms with Gasteiger partial charge in [0.2, 0.25) is 0 Å². The SMILES string of the molecule is CCc1ccc(Cc2cc([C@@H]3OC(CO)[C@@H](O)[C@H](O)[C@H]3O)c(OC(C)C)cc2C#N)cc1. The highest BCUT2D eigenvalue weighted by molar-refractivity contribution is 5.51. The molecule has 7 nitrogen and oxygen atoms in total. The summed E-state index contributed by atoms with van der Waals surface area (Å²) in [5, 5.41) is 50.4. The monoisotopic (exact) mass is 441 g/mol. The maximum Gasteiger partial charge on any atom is 0.126 e. The van der Waals surface area contributed by atoms with E-state index in [-0.39, 0.29) is 6.10 Å². The van der Waals surface area contributed by atoms with E-state index in [1.807, 2.05) is 26.0 Å². The fourth-order valence-corrected chi connectivity index (χ4v) is 3.94. The van der Waals surface area contributed by atoms with Crippen molar-refractivity contribution in [2.24, 2.45) is 0 Å². The van der Waals surface area contributed by atoms with Crippen molar-refractivity contribution in [1.82, 2.24) is 0 Å². The second kappa shape index (κ2) is 10.4. The van der Waals surface area contributed by atoms with Gasteiger partial charge in [0.05, 0.1) is 24.3 Å². The molecule has 2 aromatic rings. The number of hydrogen-bond acceptors (Lipinski definition) is 7. The Hall–Kier alpha value is -2.47. The molecular formula is C25H31NO6. The number of aliphatic hydroxyl groups excluding tert-OH is 4.